The minimum atomic E-state index is 0.845. The van der Waals surface area contributed by atoms with Crippen molar-refractivity contribution >= 4 is 27.5 Å². The Morgan fingerprint density at radius 1 is 1.08 bits per heavy atom. The number of H-pyrrole nitrogens is 2. The summed E-state index contributed by atoms with van der Waals surface area (Å²) >= 11 is 0. The maximum Gasteiger partial charge on any atom is 0.135 e. The summed E-state index contributed by atoms with van der Waals surface area (Å²) < 4.78 is 0. The van der Waals surface area contributed by atoms with E-state index in [1.807, 2.05) is 12.3 Å². The summed E-state index contributed by atoms with van der Waals surface area (Å²) in [5, 5.41) is 12.0. The van der Waals surface area contributed by atoms with E-state index < -0.39 is 0 Å². The molecule has 5 heterocycles. The average molecular weight is 316 g/mol. The molecule has 1 aliphatic rings. The van der Waals surface area contributed by atoms with Gasteiger partial charge < -0.3 is 10.3 Å². The molecule has 0 spiro atoms. The van der Waals surface area contributed by atoms with Crippen LogP contribution in [0.25, 0.3) is 38.9 Å². The lowest BCUT2D eigenvalue weighted by molar-refractivity contribution is 0.737. The maximum absolute atomic E-state index is 4.88. The van der Waals surface area contributed by atoms with Gasteiger partial charge in [-0.3, -0.25) is 10.1 Å². The monoisotopic (exact) mass is 316 g/mol. The number of nitrogens with one attached hydrogen (secondary N) is 3. The van der Waals surface area contributed by atoms with E-state index >= 15 is 0 Å². The van der Waals surface area contributed by atoms with Crippen molar-refractivity contribution in [2.45, 2.75) is 6.42 Å². The lowest BCUT2D eigenvalue weighted by atomic mass is 10.0. The summed E-state index contributed by atoms with van der Waals surface area (Å²) in [6.07, 6.45) is 6.84. The van der Waals surface area contributed by atoms with E-state index in [2.05, 4.69) is 49.8 Å². The molecule has 4 aromatic heterocycles. The molecule has 6 nitrogen and oxygen atoms in total. The van der Waals surface area contributed by atoms with Crippen molar-refractivity contribution in [2.75, 3.05) is 13.1 Å². The third-order valence-corrected chi connectivity index (χ3v) is 4.48. The molecule has 0 saturated heterocycles. The summed E-state index contributed by atoms with van der Waals surface area (Å²) in [7, 11) is 0. The van der Waals surface area contributed by atoms with Crippen LogP contribution in [0.4, 0.5) is 0 Å². The van der Waals surface area contributed by atoms with Gasteiger partial charge in [-0.05, 0) is 42.8 Å². The Balaban J connectivity index is 1.66. The summed E-state index contributed by atoms with van der Waals surface area (Å²) in [4.78, 5) is 12.4. The number of aromatic amines is 2. The van der Waals surface area contributed by atoms with Crippen molar-refractivity contribution in [3.05, 3.63) is 48.4 Å². The van der Waals surface area contributed by atoms with Crippen LogP contribution in [0, 0.1) is 0 Å². The van der Waals surface area contributed by atoms with E-state index in [9.17, 15) is 0 Å². The van der Waals surface area contributed by atoms with Gasteiger partial charge in [0.1, 0.15) is 11.2 Å². The third kappa shape index (κ3) is 2.11. The summed E-state index contributed by atoms with van der Waals surface area (Å²) in [5.74, 6) is 0. The Kier molecular flexibility index (Phi) is 2.96. The van der Waals surface area contributed by atoms with E-state index in [1.165, 1.54) is 5.57 Å². The van der Waals surface area contributed by atoms with Crippen LogP contribution in [0.2, 0.25) is 0 Å². The van der Waals surface area contributed by atoms with Crippen molar-refractivity contribution < 1.29 is 0 Å². The van der Waals surface area contributed by atoms with Crippen LogP contribution in [0.15, 0.2) is 42.7 Å². The molecule has 0 saturated carbocycles. The first kappa shape index (κ1) is 13.4. The largest absolute Gasteiger partial charge is 0.352 e. The second kappa shape index (κ2) is 5.28. The van der Waals surface area contributed by atoms with E-state index in [0.717, 1.165) is 58.5 Å². The highest BCUT2D eigenvalue weighted by molar-refractivity contribution is 5.93. The van der Waals surface area contributed by atoms with Gasteiger partial charge >= 0.3 is 0 Å². The van der Waals surface area contributed by atoms with Gasteiger partial charge in [-0.15, -0.1) is 0 Å². The average Bonchev–Trinajstić information content (AvgIpc) is 3.25. The van der Waals surface area contributed by atoms with Crippen LogP contribution < -0.4 is 5.32 Å². The number of fused-ring (bicyclic) bond motifs is 2. The molecule has 0 atom stereocenters. The highest BCUT2D eigenvalue weighted by Crippen LogP contribution is 2.29. The molecule has 24 heavy (non-hydrogen) atoms. The zero-order valence-electron chi connectivity index (χ0n) is 13.0. The SMILES string of the molecule is C1=C(c2ccc3[nH]nc(-c4cc5ccncc5[nH]4)c3n2)CCNC1. The van der Waals surface area contributed by atoms with Crippen LogP contribution in [0.5, 0.6) is 0 Å². The number of rotatable bonds is 2. The Labute approximate surface area is 138 Å². The zero-order valence-corrected chi connectivity index (χ0v) is 13.0. The highest BCUT2D eigenvalue weighted by atomic mass is 15.1. The van der Waals surface area contributed by atoms with E-state index in [0.29, 0.717) is 0 Å². The molecular weight excluding hydrogens is 300 g/mol. The second-order valence-corrected chi connectivity index (χ2v) is 5.99. The van der Waals surface area contributed by atoms with Crippen LogP contribution in [-0.4, -0.2) is 38.2 Å². The normalized spacial score (nSPS) is 15.1. The van der Waals surface area contributed by atoms with Gasteiger partial charge in [-0.2, -0.15) is 5.10 Å². The standard InChI is InChI=1S/C18H16N6/c1-2-14-17(22-13(1)11-3-6-19-7-4-11)18(24-23-14)15-9-12-5-8-20-10-16(12)21-15/h1-3,5,8-10,19,21H,4,6-7H2,(H,23,24). The molecule has 0 amide bonds. The topological polar surface area (TPSA) is 82.3 Å². The maximum atomic E-state index is 4.88. The minimum absolute atomic E-state index is 0.845. The predicted molar refractivity (Wildman–Crippen MR) is 94.4 cm³/mol. The molecule has 0 radical (unpaired) electrons. The lowest BCUT2D eigenvalue weighted by Gasteiger charge is -2.13. The lowest BCUT2D eigenvalue weighted by Crippen LogP contribution is -2.20. The molecule has 4 aromatic rings. The molecule has 6 heteroatoms. The first-order valence-corrected chi connectivity index (χ1v) is 8.07. The molecule has 3 N–H and O–H groups in total. The van der Waals surface area contributed by atoms with Crippen molar-refractivity contribution in [1.29, 1.82) is 0 Å². The Bertz CT molecular complexity index is 1040. The van der Waals surface area contributed by atoms with Gasteiger partial charge in [0.2, 0.25) is 0 Å². The number of aromatic nitrogens is 5. The van der Waals surface area contributed by atoms with Crippen LogP contribution in [-0.2, 0) is 0 Å². The van der Waals surface area contributed by atoms with E-state index in [-0.39, 0.29) is 0 Å². The molecular formula is C18H16N6. The number of nitrogens with zero attached hydrogens (tertiary/aromatic N) is 3. The van der Waals surface area contributed by atoms with Gasteiger partial charge in [0, 0.05) is 18.1 Å². The quantitative estimate of drug-likeness (QED) is 0.531. The van der Waals surface area contributed by atoms with E-state index in [4.69, 9.17) is 4.98 Å². The van der Waals surface area contributed by atoms with Gasteiger partial charge in [0.05, 0.1) is 28.6 Å². The Morgan fingerprint density at radius 2 is 2.08 bits per heavy atom. The first-order chi connectivity index (χ1) is 11.9. The molecule has 1 aliphatic heterocycles. The van der Waals surface area contributed by atoms with Gasteiger partial charge in [0.25, 0.3) is 0 Å². The Morgan fingerprint density at radius 3 is 2.96 bits per heavy atom. The summed E-state index contributed by atoms with van der Waals surface area (Å²) in [6.45, 7) is 1.90. The van der Waals surface area contributed by atoms with Crippen molar-refractivity contribution in [3.63, 3.8) is 0 Å². The summed E-state index contributed by atoms with van der Waals surface area (Å²) in [5.41, 5.74) is 6.96. The van der Waals surface area contributed by atoms with Gasteiger partial charge in [-0.25, -0.2) is 4.98 Å². The van der Waals surface area contributed by atoms with Crippen molar-refractivity contribution in [3.8, 4) is 11.4 Å². The highest BCUT2D eigenvalue weighted by Gasteiger charge is 2.14. The number of hydrogen-bond acceptors (Lipinski definition) is 4. The van der Waals surface area contributed by atoms with Crippen molar-refractivity contribution in [2.24, 2.45) is 0 Å². The fourth-order valence-corrected chi connectivity index (χ4v) is 3.22. The Hall–Kier alpha value is -2.99. The minimum Gasteiger partial charge on any atom is -0.352 e. The zero-order chi connectivity index (χ0) is 15.9. The third-order valence-electron chi connectivity index (χ3n) is 4.48. The molecule has 0 aliphatic carbocycles. The summed E-state index contributed by atoms with van der Waals surface area (Å²) in [6, 6.07) is 8.20. The van der Waals surface area contributed by atoms with E-state index in [1.54, 1.807) is 6.20 Å². The van der Waals surface area contributed by atoms with Crippen molar-refractivity contribution in [1.82, 2.24) is 30.5 Å². The molecule has 5 rings (SSSR count). The smallest absolute Gasteiger partial charge is 0.135 e. The molecule has 0 aromatic carbocycles. The van der Waals surface area contributed by atoms with Crippen LogP contribution in [0.1, 0.15) is 12.1 Å². The van der Waals surface area contributed by atoms with Crippen LogP contribution >= 0.6 is 0 Å². The van der Waals surface area contributed by atoms with Gasteiger partial charge in [-0.1, -0.05) is 6.08 Å². The first-order valence-electron chi connectivity index (χ1n) is 8.07. The predicted octanol–water partition coefficient (Wildman–Crippen LogP) is 2.88. The molecule has 0 bridgehead atoms. The van der Waals surface area contributed by atoms with Crippen LogP contribution in [0.3, 0.4) is 0 Å². The number of hydrogen-bond donors (Lipinski definition) is 3. The fourth-order valence-electron chi connectivity index (χ4n) is 3.22. The molecule has 0 fully saturated rings. The van der Waals surface area contributed by atoms with Gasteiger partial charge in [0.15, 0.2) is 0 Å². The molecule has 118 valence electrons. The number of pyridine rings is 2. The second-order valence-electron chi connectivity index (χ2n) is 5.99. The fraction of sp³-hybridized carbons (Fsp3) is 0.167. The molecule has 0 unspecified atom stereocenters.